The van der Waals surface area contributed by atoms with Gasteiger partial charge in [0.05, 0.1) is 0 Å². The molecule has 0 nitrogen and oxygen atoms in total. The topological polar surface area (TPSA) is 0 Å². The quantitative estimate of drug-likeness (QED) is 0.286. The summed E-state index contributed by atoms with van der Waals surface area (Å²) in [4.78, 5) is 0. The van der Waals surface area contributed by atoms with E-state index in [0.717, 1.165) is 5.92 Å². The molecule has 0 saturated carbocycles. The Bertz CT molecular complexity index is 1060. The Hall–Kier alpha value is -1.93. The summed E-state index contributed by atoms with van der Waals surface area (Å²) in [6, 6.07) is 35.8. The van der Waals surface area contributed by atoms with Gasteiger partial charge in [-0.15, -0.1) is 0 Å². The summed E-state index contributed by atoms with van der Waals surface area (Å²) in [5.74, 6) is 0.748. The maximum atomic E-state index is 2.52. The summed E-state index contributed by atoms with van der Waals surface area (Å²) in [5, 5.41) is 0. The Morgan fingerprint density at radius 2 is 1.12 bits per heavy atom. The van der Waals surface area contributed by atoms with Crippen LogP contribution in [0.15, 0.2) is 112 Å². The molecule has 3 aromatic carbocycles. The first-order chi connectivity index (χ1) is 16.7. The summed E-state index contributed by atoms with van der Waals surface area (Å²) in [6.45, 7) is 2.52. The van der Waals surface area contributed by atoms with Crippen LogP contribution in [0, 0.1) is 5.92 Å². The molecule has 0 heterocycles. The fourth-order valence-corrected chi connectivity index (χ4v) is 18.0. The Kier molecular flexibility index (Phi) is 7.54. The average molecular weight is 499 g/mol. The number of benzene rings is 3. The van der Waals surface area contributed by atoms with Crippen LogP contribution in [-0.4, -0.2) is 10.2 Å². The summed E-state index contributed by atoms with van der Waals surface area (Å²) < 4.78 is 5.83. The van der Waals surface area contributed by atoms with E-state index in [1.807, 2.05) is 9.45 Å². The van der Waals surface area contributed by atoms with Crippen molar-refractivity contribution in [1.29, 1.82) is 0 Å². The van der Waals surface area contributed by atoms with Gasteiger partial charge in [0.2, 0.25) is 0 Å². The van der Waals surface area contributed by atoms with Gasteiger partial charge in [-0.1, -0.05) is 0 Å². The molecule has 0 saturated heterocycles. The first kappa shape index (κ1) is 23.8. The second-order valence-electron chi connectivity index (χ2n) is 10.5. The average Bonchev–Trinajstić information content (AvgIpc) is 3.18. The van der Waals surface area contributed by atoms with Crippen LogP contribution < -0.4 is 0 Å². The molecule has 2 heteroatoms. The molecule has 0 bridgehead atoms. The predicted octanol–water partition coefficient (Wildman–Crippen LogP) is 7.30. The first-order valence-corrected chi connectivity index (χ1v) is 18.8. The fourth-order valence-electron chi connectivity index (χ4n) is 6.99. The first-order valence-electron chi connectivity index (χ1n) is 13.3. The summed E-state index contributed by atoms with van der Waals surface area (Å²) >= 11 is -2.68. The van der Waals surface area contributed by atoms with Crippen LogP contribution in [0.5, 0.6) is 0 Å². The standard InChI is InChI=1S/C11H17Si.3C7H7.Ti/c1-8-6-9(7-12)11-5-3-2-4-10(8)11;3*1-7-5-3-2-4-6-7;/h9H,2-5,7H2,1,12H3;3*2-6H,1H2;. The SMILES string of the molecule is CC1=[C]([Ti]([CH2]c2ccccc2)([CH2]c2ccccc2)[CH2]c2ccccc2)C(C[SiH3])C2=C1CCCC2. The molecule has 0 radical (unpaired) electrons. The molecule has 0 fully saturated rings. The van der Waals surface area contributed by atoms with Gasteiger partial charge in [-0.25, -0.2) is 0 Å². The van der Waals surface area contributed by atoms with Crippen molar-refractivity contribution < 1.29 is 16.6 Å². The van der Waals surface area contributed by atoms with Gasteiger partial charge in [0, 0.05) is 0 Å². The molecule has 3 aromatic rings. The monoisotopic (exact) mass is 498 g/mol. The third-order valence-electron chi connectivity index (χ3n) is 8.27. The molecule has 2 aliphatic rings. The Morgan fingerprint density at radius 1 is 0.676 bits per heavy atom. The van der Waals surface area contributed by atoms with Crippen molar-refractivity contribution in [2.45, 2.75) is 52.8 Å². The van der Waals surface area contributed by atoms with Gasteiger partial charge in [-0.3, -0.25) is 0 Å². The molecule has 0 aliphatic heterocycles. The third kappa shape index (κ3) is 4.89. The maximum absolute atomic E-state index is 2.68. The fraction of sp³-hybridized carbons (Fsp3) is 0.312. The normalized spacial score (nSPS) is 18.4. The van der Waals surface area contributed by atoms with Gasteiger partial charge in [0.25, 0.3) is 0 Å². The van der Waals surface area contributed by atoms with Crippen molar-refractivity contribution in [3.05, 3.63) is 128 Å². The molecule has 0 amide bonds. The second-order valence-corrected chi connectivity index (χ2v) is 17.8. The van der Waals surface area contributed by atoms with E-state index in [4.69, 9.17) is 0 Å². The number of rotatable bonds is 8. The summed E-state index contributed by atoms with van der Waals surface area (Å²) in [5.41, 5.74) is 10.0. The number of hydrogen-bond acceptors (Lipinski definition) is 0. The van der Waals surface area contributed by atoms with Crippen LogP contribution >= 0.6 is 0 Å². The van der Waals surface area contributed by atoms with Crippen LogP contribution in [0.25, 0.3) is 0 Å². The van der Waals surface area contributed by atoms with E-state index in [0.29, 0.717) is 0 Å². The van der Waals surface area contributed by atoms with E-state index >= 15 is 0 Å². The number of hydrogen-bond donors (Lipinski definition) is 0. The van der Waals surface area contributed by atoms with Gasteiger partial charge >= 0.3 is 214 Å². The van der Waals surface area contributed by atoms with Crippen molar-refractivity contribution in [1.82, 2.24) is 0 Å². The van der Waals surface area contributed by atoms with E-state index in [2.05, 4.69) is 97.9 Å². The molecule has 34 heavy (non-hydrogen) atoms. The van der Waals surface area contributed by atoms with Crippen molar-refractivity contribution in [3.63, 3.8) is 0 Å². The molecular weight excluding hydrogens is 460 g/mol. The van der Waals surface area contributed by atoms with E-state index < -0.39 is 16.6 Å². The van der Waals surface area contributed by atoms with Gasteiger partial charge in [0.1, 0.15) is 0 Å². The van der Waals surface area contributed by atoms with Crippen LogP contribution in [0.2, 0.25) is 6.04 Å². The minimum absolute atomic E-state index is 0.748. The van der Waals surface area contributed by atoms with Crippen LogP contribution in [0.4, 0.5) is 0 Å². The molecule has 174 valence electrons. The van der Waals surface area contributed by atoms with E-state index in [-0.39, 0.29) is 0 Å². The van der Waals surface area contributed by atoms with E-state index in [9.17, 15) is 0 Å². The molecule has 5 rings (SSSR count). The summed E-state index contributed by atoms with van der Waals surface area (Å²) in [7, 11) is 1.29. The summed E-state index contributed by atoms with van der Waals surface area (Å²) in [6.07, 6.45) is 5.45. The molecule has 0 aromatic heterocycles. The van der Waals surface area contributed by atoms with Crippen LogP contribution in [0.3, 0.4) is 0 Å². The van der Waals surface area contributed by atoms with Gasteiger partial charge in [-0.2, -0.15) is 0 Å². The zero-order valence-corrected chi connectivity index (χ0v) is 24.5. The molecule has 2 aliphatic carbocycles. The van der Waals surface area contributed by atoms with E-state index in [1.54, 1.807) is 27.8 Å². The molecule has 0 N–H and O–H groups in total. The van der Waals surface area contributed by atoms with Gasteiger partial charge in [0.15, 0.2) is 0 Å². The predicted molar refractivity (Wildman–Crippen MR) is 147 cm³/mol. The Balaban J connectivity index is 1.69. The molecule has 1 unspecified atom stereocenters. The van der Waals surface area contributed by atoms with Gasteiger partial charge < -0.3 is 0 Å². The zero-order chi connectivity index (χ0) is 23.4. The van der Waals surface area contributed by atoms with Crippen molar-refractivity contribution in [2.75, 3.05) is 0 Å². The molecular formula is C32H38SiTi. The molecule has 1 atom stereocenters. The second kappa shape index (κ2) is 10.8. The zero-order valence-electron chi connectivity index (χ0n) is 20.9. The van der Waals surface area contributed by atoms with Crippen molar-refractivity contribution in [2.24, 2.45) is 5.92 Å². The van der Waals surface area contributed by atoms with Crippen molar-refractivity contribution in [3.8, 4) is 0 Å². The molecule has 0 spiro atoms. The Labute approximate surface area is 213 Å². The van der Waals surface area contributed by atoms with Crippen LogP contribution in [-0.2, 0) is 30.8 Å². The Morgan fingerprint density at radius 3 is 1.56 bits per heavy atom. The minimum atomic E-state index is -2.68. The van der Waals surface area contributed by atoms with Crippen LogP contribution in [0.1, 0.15) is 49.3 Å². The van der Waals surface area contributed by atoms with E-state index in [1.165, 1.54) is 56.1 Å². The van der Waals surface area contributed by atoms with Crippen molar-refractivity contribution >= 4 is 10.2 Å². The number of allylic oxidation sites excluding steroid dienone is 4. The third-order valence-corrected chi connectivity index (χ3v) is 17.1. The van der Waals surface area contributed by atoms with Gasteiger partial charge in [-0.05, 0) is 0 Å².